The van der Waals surface area contributed by atoms with E-state index in [1.165, 1.54) is 24.3 Å². The average molecular weight is 585 g/mol. The van der Waals surface area contributed by atoms with Gasteiger partial charge in [-0.1, -0.05) is 42.5 Å². The number of aromatic nitrogens is 1. The third-order valence-electron chi connectivity index (χ3n) is 4.75. The van der Waals surface area contributed by atoms with E-state index < -0.39 is 11.8 Å². The summed E-state index contributed by atoms with van der Waals surface area (Å²) in [6.07, 6.45) is 0. The molecule has 3 nitrogen and oxygen atoms in total. The summed E-state index contributed by atoms with van der Waals surface area (Å²) >= 11 is 0. The molecular formula is C23H17F2NO2Pb. The first-order valence-corrected chi connectivity index (χ1v) is 8.64. The number of hydrogen-bond donors (Lipinski definition) is 1. The Morgan fingerprint density at radius 2 is 1.59 bits per heavy atom. The van der Waals surface area contributed by atoms with Crippen molar-refractivity contribution < 1.29 is 18.7 Å². The van der Waals surface area contributed by atoms with Crippen LogP contribution in [0.15, 0.2) is 66.7 Å². The van der Waals surface area contributed by atoms with E-state index in [9.17, 15) is 18.7 Å². The normalized spacial score (nSPS) is 10.6. The first-order valence-electron chi connectivity index (χ1n) is 8.64. The summed E-state index contributed by atoms with van der Waals surface area (Å²) in [4.78, 5) is 16.4. The van der Waals surface area contributed by atoms with Crippen molar-refractivity contribution in [3.63, 3.8) is 0 Å². The molecule has 0 saturated carbocycles. The molecule has 29 heavy (non-hydrogen) atoms. The molecule has 0 amide bonds. The molecule has 3 aromatic carbocycles. The fourth-order valence-electron chi connectivity index (χ4n) is 3.39. The predicted octanol–water partition coefficient (Wildman–Crippen LogP) is 4.94. The third kappa shape index (κ3) is 3.91. The fourth-order valence-corrected chi connectivity index (χ4v) is 3.39. The number of fused-ring (bicyclic) bond motifs is 1. The Balaban J connectivity index is 0.00000240. The molecule has 0 spiro atoms. The fraction of sp³-hybridized carbons (Fsp3) is 0.0435. The van der Waals surface area contributed by atoms with Crippen LogP contribution < -0.4 is 0 Å². The monoisotopic (exact) mass is 585 g/mol. The summed E-state index contributed by atoms with van der Waals surface area (Å²) in [7, 11) is 0. The molecule has 0 aliphatic heterocycles. The maximum absolute atomic E-state index is 14.0. The molecule has 6 heteroatoms. The number of rotatable bonds is 3. The molecule has 0 unspecified atom stereocenters. The molecule has 0 saturated heterocycles. The number of carboxylic acids is 1. The van der Waals surface area contributed by atoms with Crippen LogP contribution in [0.4, 0.5) is 8.78 Å². The Hall–Kier alpha value is -2.68. The van der Waals surface area contributed by atoms with Gasteiger partial charge in [0.05, 0.1) is 16.8 Å². The van der Waals surface area contributed by atoms with E-state index in [4.69, 9.17) is 0 Å². The van der Waals surface area contributed by atoms with Gasteiger partial charge in [0, 0.05) is 16.5 Å². The van der Waals surface area contributed by atoms with Gasteiger partial charge in [-0.2, -0.15) is 0 Å². The first kappa shape index (κ1) is 21.0. The summed E-state index contributed by atoms with van der Waals surface area (Å²) < 4.78 is 27.6. The third-order valence-corrected chi connectivity index (χ3v) is 4.75. The van der Waals surface area contributed by atoms with Crippen LogP contribution in [0.3, 0.4) is 0 Å². The number of carboxylic acid groups (broad SMARTS) is 1. The second-order valence-electron chi connectivity index (χ2n) is 6.48. The minimum atomic E-state index is -1.14. The van der Waals surface area contributed by atoms with Gasteiger partial charge in [0.25, 0.3) is 0 Å². The van der Waals surface area contributed by atoms with E-state index in [0.29, 0.717) is 33.5 Å². The van der Waals surface area contributed by atoms with Crippen molar-refractivity contribution in [2.24, 2.45) is 0 Å². The summed E-state index contributed by atoms with van der Waals surface area (Å²) in [6, 6.07) is 17.5. The van der Waals surface area contributed by atoms with E-state index in [0.717, 1.165) is 0 Å². The summed E-state index contributed by atoms with van der Waals surface area (Å²) in [5.41, 5.74) is 3.27. The van der Waals surface area contributed by atoms with Crippen LogP contribution in [-0.4, -0.2) is 43.4 Å². The Labute approximate surface area is 186 Å². The van der Waals surface area contributed by atoms with Crippen LogP contribution in [0.5, 0.6) is 0 Å². The van der Waals surface area contributed by atoms with Gasteiger partial charge in [-0.05, 0) is 42.3 Å². The number of benzene rings is 3. The number of hydrogen-bond acceptors (Lipinski definition) is 2. The number of nitrogens with zero attached hydrogens (tertiary/aromatic N) is 1. The second-order valence-corrected chi connectivity index (χ2v) is 6.48. The van der Waals surface area contributed by atoms with E-state index >= 15 is 0 Å². The molecule has 144 valence electrons. The Kier molecular flexibility index (Phi) is 6.07. The van der Waals surface area contributed by atoms with Crippen LogP contribution in [0.25, 0.3) is 33.3 Å². The minimum absolute atomic E-state index is 0. The molecule has 0 aliphatic rings. The zero-order valence-corrected chi connectivity index (χ0v) is 21.1. The standard InChI is InChI=1S/C23H15F2NO2.Pb.2H/c1-13-21(23(27)28)18-12-16(24)10-11-20(18)26-22(13)15-8-6-14(7-9-15)17-4-2-3-5-19(17)25;;;/h2-12H,1H3,(H,27,28);;;. The van der Waals surface area contributed by atoms with Gasteiger partial charge in [-0.25, -0.2) is 18.6 Å². The van der Waals surface area contributed by atoms with Gasteiger partial charge >= 0.3 is 33.3 Å². The van der Waals surface area contributed by atoms with Gasteiger partial charge in [0.2, 0.25) is 0 Å². The Morgan fingerprint density at radius 3 is 2.24 bits per heavy atom. The van der Waals surface area contributed by atoms with Gasteiger partial charge in [-0.3, -0.25) is 0 Å². The zero-order valence-electron chi connectivity index (χ0n) is 15.6. The van der Waals surface area contributed by atoms with E-state index in [1.54, 1.807) is 49.4 Å². The molecule has 4 aromatic rings. The SMILES string of the molecule is Cc1c(-c2ccc(-c3ccccc3F)cc2)nc2ccc(F)cc2c1C(=O)O.[PbH2]. The topological polar surface area (TPSA) is 50.2 Å². The summed E-state index contributed by atoms with van der Waals surface area (Å²) in [6.45, 7) is 1.65. The maximum atomic E-state index is 14.0. The molecule has 0 aliphatic carbocycles. The van der Waals surface area contributed by atoms with Crippen molar-refractivity contribution in [3.8, 4) is 22.4 Å². The number of carbonyl (C=O) groups is 1. The number of aromatic carboxylic acids is 1. The van der Waals surface area contributed by atoms with E-state index in [-0.39, 0.29) is 44.1 Å². The second kappa shape index (κ2) is 8.36. The molecule has 1 heterocycles. The quantitative estimate of drug-likeness (QED) is 0.348. The molecule has 0 fully saturated rings. The van der Waals surface area contributed by atoms with Crippen LogP contribution in [0, 0.1) is 18.6 Å². The summed E-state index contributed by atoms with van der Waals surface area (Å²) in [5.74, 6) is -1.97. The van der Waals surface area contributed by atoms with Crippen molar-refractivity contribution in [3.05, 3.63) is 89.5 Å². The molecule has 0 bridgehead atoms. The zero-order chi connectivity index (χ0) is 19.8. The van der Waals surface area contributed by atoms with Crippen LogP contribution in [0.1, 0.15) is 15.9 Å². The van der Waals surface area contributed by atoms with Crippen LogP contribution in [0.2, 0.25) is 0 Å². The first-order chi connectivity index (χ1) is 13.5. The van der Waals surface area contributed by atoms with Gasteiger partial charge in [0.15, 0.2) is 0 Å². The van der Waals surface area contributed by atoms with E-state index in [1.807, 2.05) is 0 Å². The van der Waals surface area contributed by atoms with Crippen molar-refractivity contribution in [2.75, 3.05) is 0 Å². The van der Waals surface area contributed by atoms with Crippen molar-refractivity contribution in [2.45, 2.75) is 6.92 Å². The van der Waals surface area contributed by atoms with Gasteiger partial charge < -0.3 is 5.11 Å². The number of halogens is 2. The Morgan fingerprint density at radius 1 is 0.931 bits per heavy atom. The van der Waals surface area contributed by atoms with Crippen LogP contribution in [-0.2, 0) is 0 Å². The van der Waals surface area contributed by atoms with Gasteiger partial charge in [-0.15, -0.1) is 0 Å². The predicted molar refractivity (Wildman–Crippen MR) is 113 cm³/mol. The van der Waals surface area contributed by atoms with Crippen LogP contribution >= 0.6 is 0 Å². The molecule has 1 aromatic heterocycles. The number of pyridine rings is 1. The van der Waals surface area contributed by atoms with Crippen molar-refractivity contribution in [1.29, 1.82) is 0 Å². The molecule has 2 radical (unpaired) electrons. The molecule has 1 N–H and O–H groups in total. The summed E-state index contributed by atoms with van der Waals surface area (Å²) in [5, 5.41) is 9.92. The van der Waals surface area contributed by atoms with E-state index in [2.05, 4.69) is 4.98 Å². The average Bonchev–Trinajstić information content (AvgIpc) is 2.68. The van der Waals surface area contributed by atoms with Crippen molar-refractivity contribution in [1.82, 2.24) is 4.98 Å². The molecular weight excluding hydrogens is 567 g/mol. The van der Waals surface area contributed by atoms with Gasteiger partial charge in [0.1, 0.15) is 11.6 Å². The molecule has 0 atom stereocenters. The van der Waals surface area contributed by atoms with Crippen molar-refractivity contribution >= 4 is 44.2 Å². The Bertz CT molecular complexity index is 1220. The molecule has 4 rings (SSSR count).